The van der Waals surface area contributed by atoms with Crippen LogP contribution in [0.25, 0.3) is 0 Å². The molecule has 3 rings (SSSR count). The lowest BCUT2D eigenvalue weighted by molar-refractivity contribution is -0.123. The summed E-state index contributed by atoms with van der Waals surface area (Å²) in [6.45, 7) is 1.97. The molecule has 2 N–H and O–H groups in total. The highest BCUT2D eigenvalue weighted by Crippen LogP contribution is 2.46. The fourth-order valence-corrected chi connectivity index (χ4v) is 3.54. The third kappa shape index (κ3) is 2.42. The number of carbonyl (C=O) groups is 1. The quantitative estimate of drug-likeness (QED) is 0.912. The molecule has 1 aliphatic rings. The minimum atomic E-state index is -0.670. The van der Waals surface area contributed by atoms with Crippen molar-refractivity contribution in [2.24, 2.45) is 5.92 Å². The summed E-state index contributed by atoms with van der Waals surface area (Å²) < 4.78 is 0. The van der Waals surface area contributed by atoms with Gasteiger partial charge < -0.3 is 10.4 Å². The van der Waals surface area contributed by atoms with E-state index in [1.807, 2.05) is 67.6 Å². The summed E-state index contributed by atoms with van der Waals surface area (Å²) in [4.78, 5) is 13.1. The number of benzene rings is 2. The Hall–Kier alpha value is -2.13. The largest absolute Gasteiger partial charge is 0.393 e. The Balaban J connectivity index is 1.98. The maximum Gasteiger partial charge on any atom is 0.235 e. The molecular formula is C19H21NO2. The van der Waals surface area contributed by atoms with Gasteiger partial charge in [-0.05, 0) is 30.5 Å². The lowest BCUT2D eigenvalue weighted by Crippen LogP contribution is -2.44. The Bertz CT molecular complexity index is 641. The Morgan fingerprint density at radius 2 is 1.68 bits per heavy atom. The van der Waals surface area contributed by atoms with Crippen molar-refractivity contribution in [1.82, 2.24) is 0 Å². The monoisotopic (exact) mass is 295 g/mol. The predicted octanol–water partition coefficient (Wildman–Crippen LogP) is 3.35. The molecule has 0 aliphatic heterocycles. The number of carbonyl (C=O) groups excluding carboxylic acids is 1. The molecule has 1 amide bonds. The van der Waals surface area contributed by atoms with Crippen LogP contribution in [0, 0.1) is 5.92 Å². The van der Waals surface area contributed by atoms with Gasteiger partial charge in [-0.25, -0.2) is 0 Å². The predicted molar refractivity (Wildman–Crippen MR) is 87.6 cm³/mol. The highest BCUT2D eigenvalue weighted by molar-refractivity contribution is 5.99. The number of anilines is 1. The molecule has 22 heavy (non-hydrogen) atoms. The summed E-state index contributed by atoms with van der Waals surface area (Å²) in [6, 6.07) is 19.3. The van der Waals surface area contributed by atoms with Crippen LogP contribution in [0.1, 0.15) is 25.3 Å². The lowest BCUT2D eigenvalue weighted by atomic mass is 9.71. The normalized spacial score (nSPS) is 27.5. The van der Waals surface area contributed by atoms with Gasteiger partial charge in [-0.3, -0.25) is 4.79 Å². The number of hydrogen-bond donors (Lipinski definition) is 2. The zero-order valence-corrected chi connectivity index (χ0v) is 12.7. The first-order valence-electron chi connectivity index (χ1n) is 7.74. The van der Waals surface area contributed by atoms with Crippen molar-refractivity contribution < 1.29 is 9.90 Å². The number of aliphatic hydroxyl groups excluding tert-OH is 1. The van der Waals surface area contributed by atoms with Gasteiger partial charge in [-0.2, -0.15) is 0 Å². The molecule has 114 valence electrons. The highest BCUT2D eigenvalue weighted by Gasteiger charge is 2.52. The van der Waals surface area contributed by atoms with Crippen LogP contribution in [-0.2, 0) is 10.2 Å². The standard InChI is InChI=1S/C19H21NO2/c1-14-17(21)12-13-19(14,15-8-4-2-5-9-15)18(22)20-16-10-6-3-7-11-16/h2-11,14,17,21H,12-13H2,1H3,(H,20,22)/t14-,17+,19+/m1/s1. The first kappa shape index (κ1) is 14.8. The molecule has 0 saturated heterocycles. The molecule has 1 fully saturated rings. The fraction of sp³-hybridized carbons (Fsp3) is 0.316. The molecule has 0 aromatic heterocycles. The van der Waals surface area contributed by atoms with Crippen LogP contribution in [0.2, 0.25) is 0 Å². The first-order chi connectivity index (χ1) is 10.6. The van der Waals surface area contributed by atoms with Gasteiger partial charge in [-0.1, -0.05) is 55.5 Å². The van der Waals surface area contributed by atoms with Crippen molar-refractivity contribution in [3.8, 4) is 0 Å². The van der Waals surface area contributed by atoms with E-state index in [1.165, 1.54) is 0 Å². The molecule has 3 nitrogen and oxygen atoms in total. The molecule has 2 aromatic carbocycles. The number of rotatable bonds is 3. The van der Waals surface area contributed by atoms with E-state index in [0.29, 0.717) is 12.8 Å². The van der Waals surface area contributed by atoms with Crippen LogP contribution in [0.3, 0.4) is 0 Å². The van der Waals surface area contributed by atoms with Crippen molar-refractivity contribution in [3.05, 3.63) is 66.2 Å². The zero-order chi connectivity index (χ0) is 15.6. The Kier molecular flexibility index (Phi) is 3.99. The van der Waals surface area contributed by atoms with Crippen molar-refractivity contribution in [2.45, 2.75) is 31.3 Å². The second-order valence-corrected chi connectivity index (χ2v) is 6.05. The van der Waals surface area contributed by atoms with Crippen LogP contribution in [0.5, 0.6) is 0 Å². The van der Waals surface area contributed by atoms with Crippen molar-refractivity contribution in [1.29, 1.82) is 0 Å². The highest BCUT2D eigenvalue weighted by atomic mass is 16.3. The SMILES string of the molecule is C[C@@H]1[C@@H](O)CC[C@@]1(C(=O)Nc1ccccc1)c1ccccc1. The molecule has 0 bridgehead atoms. The summed E-state index contributed by atoms with van der Waals surface area (Å²) in [5.41, 5.74) is 1.10. The summed E-state index contributed by atoms with van der Waals surface area (Å²) in [7, 11) is 0. The summed E-state index contributed by atoms with van der Waals surface area (Å²) in [5.74, 6) is -0.146. The molecule has 0 heterocycles. The van der Waals surface area contributed by atoms with E-state index < -0.39 is 11.5 Å². The number of aliphatic hydroxyl groups is 1. The van der Waals surface area contributed by atoms with Gasteiger partial charge in [0.05, 0.1) is 11.5 Å². The minimum absolute atomic E-state index is 0.0334. The molecule has 3 atom stereocenters. The van der Waals surface area contributed by atoms with Gasteiger partial charge in [0.15, 0.2) is 0 Å². The van der Waals surface area contributed by atoms with Gasteiger partial charge in [0, 0.05) is 11.6 Å². The van der Waals surface area contributed by atoms with E-state index in [-0.39, 0.29) is 11.8 Å². The second-order valence-electron chi connectivity index (χ2n) is 6.05. The zero-order valence-electron chi connectivity index (χ0n) is 12.7. The Labute approximate surface area is 131 Å². The summed E-state index contributed by atoms with van der Waals surface area (Å²) in [5, 5.41) is 13.3. The van der Waals surface area contributed by atoms with E-state index in [1.54, 1.807) is 0 Å². The molecule has 0 spiro atoms. The van der Waals surface area contributed by atoms with E-state index in [4.69, 9.17) is 0 Å². The second kappa shape index (κ2) is 5.93. The van der Waals surface area contributed by atoms with Crippen LogP contribution in [0.15, 0.2) is 60.7 Å². The molecule has 1 aliphatic carbocycles. The van der Waals surface area contributed by atoms with Crippen molar-refractivity contribution in [3.63, 3.8) is 0 Å². The van der Waals surface area contributed by atoms with Crippen LogP contribution in [0.4, 0.5) is 5.69 Å². The summed E-state index contributed by atoms with van der Waals surface area (Å²) >= 11 is 0. The maximum absolute atomic E-state index is 13.1. The van der Waals surface area contributed by atoms with Gasteiger partial charge >= 0.3 is 0 Å². The lowest BCUT2D eigenvalue weighted by Gasteiger charge is -2.33. The van der Waals surface area contributed by atoms with Gasteiger partial charge in [0.2, 0.25) is 5.91 Å². The third-order valence-corrected chi connectivity index (χ3v) is 4.91. The van der Waals surface area contributed by atoms with Crippen LogP contribution < -0.4 is 5.32 Å². The molecular weight excluding hydrogens is 274 g/mol. The molecule has 1 saturated carbocycles. The topological polar surface area (TPSA) is 49.3 Å². The van der Waals surface area contributed by atoms with Crippen LogP contribution >= 0.6 is 0 Å². The smallest absolute Gasteiger partial charge is 0.235 e. The van der Waals surface area contributed by atoms with E-state index in [0.717, 1.165) is 11.3 Å². The Morgan fingerprint density at radius 1 is 1.09 bits per heavy atom. The van der Waals surface area contributed by atoms with Gasteiger partial charge in [0.25, 0.3) is 0 Å². The van der Waals surface area contributed by atoms with E-state index in [9.17, 15) is 9.90 Å². The number of amides is 1. The number of hydrogen-bond acceptors (Lipinski definition) is 2. The summed E-state index contributed by atoms with van der Waals surface area (Å²) in [6.07, 6.45) is 0.873. The molecule has 0 unspecified atom stereocenters. The van der Waals surface area contributed by atoms with E-state index >= 15 is 0 Å². The molecule has 3 heteroatoms. The molecule has 2 aromatic rings. The Morgan fingerprint density at radius 3 is 2.23 bits per heavy atom. The first-order valence-corrected chi connectivity index (χ1v) is 7.74. The average molecular weight is 295 g/mol. The minimum Gasteiger partial charge on any atom is -0.393 e. The number of para-hydroxylation sites is 1. The van der Waals surface area contributed by atoms with Gasteiger partial charge in [-0.15, -0.1) is 0 Å². The van der Waals surface area contributed by atoms with Crippen molar-refractivity contribution >= 4 is 11.6 Å². The maximum atomic E-state index is 13.1. The van der Waals surface area contributed by atoms with Crippen molar-refractivity contribution in [2.75, 3.05) is 5.32 Å². The third-order valence-electron chi connectivity index (χ3n) is 4.91. The van der Waals surface area contributed by atoms with Crippen LogP contribution in [-0.4, -0.2) is 17.1 Å². The average Bonchev–Trinajstić information content (AvgIpc) is 2.86. The molecule has 0 radical (unpaired) electrons. The number of nitrogens with one attached hydrogen (secondary N) is 1. The fourth-order valence-electron chi connectivity index (χ4n) is 3.54. The van der Waals surface area contributed by atoms with E-state index in [2.05, 4.69) is 5.32 Å². The van der Waals surface area contributed by atoms with Gasteiger partial charge in [0.1, 0.15) is 0 Å².